The molecule has 24 heavy (non-hydrogen) atoms. The van der Waals surface area contributed by atoms with Gasteiger partial charge in [0.25, 0.3) is 0 Å². The van der Waals surface area contributed by atoms with Crippen LogP contribution < -0.4 is 10.2 Å². The van der Waals surface area contributed by atoms with E-state index < -0.39 is 0 Å². The Morgan fingerprint density at radius 3 is 2.96 bits per heavy atom. The van der Waals surface area contributed by atoms with E-state index in [-0.39, 0.29) is 23.7 Å². The molecule has 0 aliphatic carbocycles. The maximum Gasteiger partial charge on any atom is 0.225 e. The summed E-state index contributed by atoms with van der Waals surface area (Å²) in [5, 5.41) is 11.9. The summed E-state index contributed by atoms with van der Waals surface area (Å²) in [5.74, 6) is -0.413. The molecule has 0 bridgehead atoms. The fourth-order valence-corrected chi connectivity index (χ4v) is 3.41. The van der Waals surface area contributed by atoms with Gasteiger partial charge in [-0.2, -0.15) is 5.26 Å². The van der Waals surface area contributed by atoms with Crippen molar-refractivity contribution in [3.63, 3.8) is 0 Å². The van der Waals surface area contributed by atoms with Gasteiger partial charge in [0.05, 0.1) is 29.8 Å². The monoisotopic (exact) mass is 331 g/mol. The molecule has 0 aromatic heterocycles. The topological polar surface area (TPSA) is 65.4 Å². The van der Waals surface area contributed by atoms with Crippen molar-refractivity contribution in [3.05, 3.63) is 29.6 Å². The predicted molar refractivity (Wildman–Crippen MR) is 88.0 cm³/mol. The van der Waals surface area contributed by atoms with Crippen LogP contribution in [0.3, 0.4) is 0 Å². The van der Waals surface area contributed by atoms with Crippen LogP contribution in [0.1, 0.15) is 31.2 Å². The van der Waals surface area contributed by atoms with Crippen LogP contribution in [-0.2, 0) is 9.53 Å². The zero-order valence-electron chi connectivity index (χ0n) is 13.6. The van der Waals surface area contributed by atoms with E-state index in [0.717, 1.165) is 38.8 Å². The Bertz CT molecular complexity index is 638. The molecular formula is C18H22FN3O2. The number of rotatable bonds is 3. The van der Waals surface area contributed by atoms with E-state index in [1.165, 1.54) is 6.07 Å². The highest BCUT2D eigenvalue weighted by Crippen LogP contribution is 2.24. The van der Waals surface area contributed by atoms with Crippen molar-refractivity contribution < 1.29 is 13.9 Å². The fraction of sp³-hybridized carbons (Fsp3) is 0.556. The van der Waals surface area contributed by atoms with Gasteiger partial charge < -0.3 is 15.0 Å². The van der Waals surface area contributed by atoms with Crippen LogP contribution in [0.2, 0.25) is 0 Å². The molecule has 0 radical (unpaired) electrons. The molecule has 0 unspecified atom stereocenters. The van der Waals surface area contributed by atoms with Crippen molar-refractivity contribution in [2.24, 2.45) is 5.92 Å². The smallest absolute Gasteiger partial charge is 0.225 e. The second kappa shape index (κ2) is 7.63. The third-order valence-electron chi connectivity index (χ3n) is 4.72. The van der Waals surface area contributed by atoms with Crippen LogP contribution in [0.15, 0.2) is 18.2 Å². The lowest BCUT2D eigenvalue weighted by atomic mass is 9.99. The lowest BCUT2D eigenvalue weighted by Crippen LogP contribution is -2.50. The number of nitrogens with zero attached hydrogens (tertiary/aromatic N) is 2. The predicted octanol–water partition coefficient (Wildman–Crippen LogP) is 2.21. The largest absolute Gasteiger partial charge is 0.381 e. The molecule has 5 nitrogen and oxygen atoms in total. The minimum atomic E-state index is -0.387. The highest BCUT2D eigenvalue weighted by molar-refractivity contribution is 5.79. The first-order valence-corrected chi connectivity index (χ1v) is 8.50. The number of benzene rings is 1. The molecule has 1 aromatic carbocycles. The maximum absolute atomic E-state index is 14.2. The normalized spacial score (nSPS) is 24.2. The molecule has 2 atom stereocenters. The van der Waals surface area contributed by atoms with Crippen molar-refractivity contribution >= 4 is 11.6 Å². The second-order valence-electron chi connectivity index (χ2n) is 6.49. The van der Waals surface area contributed by atoms with Crippen LogP contribution in [-0.4, -0.2) is 38.3 Å². The Morgan fingerprint density at radius 2 is 2.25 bits per heavy atom. The number of carbonyl (C=O) groups is 1. The number of nitriles is 1. The van der Waals surface area contributed by atoms with Crippen LogP contribution in [0.4, 0.5) is 10.1 Å². The molecule has 3 rings (SSSR count). The Kier molecular flexibility index (Phi) is 5.31. The molecule has 2 heterocycles. The van der Waals surface area contributed by atoms with Gasteiger partial charge in [0.2, 0.25) is 5.91 Å². The average Bonchev–Trinajstić information content (AvgIpc) is 2.62. The van der Waals surface area contributed by atoms with Gasteiger partial charge in [-0.1, -0.05) is 0 Å². The van der Waals surface area contributed by atoms with E-state index >= 15 is 0 Å². The first-order chi connectivity index (χ1) is 11.7. The summed E-state index contributed by atoms with van der Waals surface area (Å²) in [4.78, 5) is 14.3. The van der Waals surface area contributed by atoms with Crippen LogP contribution in [0.5, 0.6) is 0 Å². The average molecular weight is 331 g/mol. The molecule has 2 aliphatic rings. The number of carbonyl (C=O) groups excluding carboxylic acids is 1. The number of nitrogens with one attached hydrogen (secondary N) is 1. The van der Waals surface area contributed by atoms with E-state index in [2.05, 4.69) is 5.32 Å². The van der Waals surface area contributed by atoms with Gasteiger partial charge in [0.15, 0.2) is 0 Å². The number of hydrogen-bond donors (Lipinski definition) is 1. The molecule has 1 aromatic rings. The van der Waals surface area contributed by atoms with Crippen LogP contribution in [0.25, 0.3) is 0 Å². The SMILES string of the molecule is N#Cc1ccc(N2CCC[C@@H](NC(=O)[C@@H]3CCCOC3)C2)c(F)c1. The van der Waals surface area contributed by atoms with E-state index in [1.807, 2.05) is 11.0 Å². The zero-order valence-corrected chi connectivity index (χ0v) is 13.6. The van der Waals surface area contributed by atoms with Gasteiger partial charge in [0, 0.05) is 25.7 Å². The summed E-state index contributed by atoms with van der Waals surface area (Å²) in [5.41, 5.74) is 0.810. The molecule has 1 amide bonds. The highest BCUT2D eigenvalue weighted by Gasteiger charge is 2.27. The standard InChI is InChI=1S/C18H22FN3O2/c19-16-9-13(10-20)5-6-17(16)22-7-1-4-15(11-22)21-18(23)14-3-2-8-24-12-14/h5-6,9,14-15H,1-4,7-8,11-12H2,(H,21,23)/t14-,15-/m1/s1. The minimum Gasteiger partial charge on any atom is -0.381 e. The first-order valence-electron chi connectivity index (χ1n) is 8.50. The molecule has 6 heteroatoms. The quantitative estimate of drug-likeness (QED) is 0.922. The molecule has 2 fully saturated rings. The molecule has 128 valence electrons. The zero-order chi connectivity index (χ0) is 16.9. The second-order valence-corrected chi connectivity index (χ2v) is 6.49. The van der Waals surface area contributed by atoms with Gasteiger partial charge in [-0.05, 0) is 43.9 Å². The molecule has 2 saturated heterocycles. The lowest BCUT2D eigenvalue weighted by Gasteiger charge is -2.35. The van der Waals surface area contributed by atoms with E-state index in [4.69, 9.17) is 10.00 Å². The van der Waals surface area contributed by atoms with Gasteiger partial charge >= 0.3 is 0 Å². The van der Waals surface area contributed by atoms with E-state index in [1.54, 1.807) is 12.1 Å². The number of amides is 1. The molecule has 0 saturated carbocycles. The molecular weight excluding hydrogens is 309 g/mol. The van der Waals surface area contributed by atoms with Gasteiger partial charge in [0.1, 0.15) is 5.82 Å². The Hall–Kier alpha value is -2.13. The van der Waals surface area contributed by atoms with Crippen molar-refractivity contribution in [1.82, 2.24) is 5.32 Å². The molecule has 0 spiro atoms. The summed E-state index contributed by atoms with van der Waals surface area (Å²) < 4.78 is 19.6. The highest BCUT2D eigenvalue weighted by atomic mass is 19.1. The number of hydrogen-bond acceptors (Lipinski definition) is 4. The summed E-state index contributed by atoms with van der Waals surface area (Å²) in [7, 11) is 0. The summed E-state index contributed by atoms with van der Waals surface area (Å²) >= 11 is 0. The fourth-order valence-electron chi connectivity index (χ4n) is 3.41. The van der Waals surface area contributed by atoms with Crippen molar-refractivity contribution in [2.45, 2.75) is 31.7 Å². The summed E-state index contributed by atoms with van der Waals surface area (Å²) in [6, 6.07) is 6.49. The first kappa shape index (κ1) is 16.7. The van der Waals surface area contributed by atoms with Crippen LogP contribution >= 0.6 is 0 Å². The van der Waals surface area contributed by atoms with E-state index in [9.17, 15) is 9.18 Å². The maximum atomic E-state index is 14.2. The summed E-state index contributed by atoms with van der Waals surface area (Å²) in [6.45, 7) is 2.56. The Labute approximate surface area is 141 Å². The third-order valence-corrected chi connectivity index (χ3v) is 4.72. The summed E-state index contributed by atoms with van der Waals surface area (Å²) in [6.07, 6.45) is 3.58. The number of anilines is 1. The molecule has 2 aliphatic heterocycles. The Balaban J connectivity index is 1.62. The Morgan fingerprint density at radius 1 is 1.38 bits per heavy atom. The number of piperidine rings is 1. The number of halogens is 1. The lowest BCUT2D eigenvalue weighted by molar-refractivity contribution is -0.129. The third kappa shape index (κ3) is 3.85. The van der Waals surface area contributed by atoms with Crippen LogP contribution in [0, 0.1) is 23.1 Å². The van der Waals surface area contributed by atoms with Gasteiger partial charge in [-0.15, -0.1) is 0 Å². The van der Waals surface area contributed by atoms with Crippen molar-refractivity contribution in [2.75, 3.05) is 31.2 Å². The molecule has 1 N–H and O–H groups in total. The van der Waals surface area contributed by atoms with E-state index in [0.29, 0.717) is 24.4 Å². The van der Waals surface area contributed by atoms with Crippen molar-refractivity contribution in [3.8, 4) is 6.07 Å². The van der Waals surface area contributed by atoms with Crippen molar-refractivity contribution in [1.29, 1.82) is 5.26 Å². The minimum absolute atomic E-state index is 0.0169. The number of ether oxygens (including phenoxy) is 1. The van der Waals surface area contributed by atoms with Gasteiger partial charge in [-0.25, -0.2) is 4.39 Å². The van der Waals surface area contributed by atoms with Gasteiger partial charge in [-0.3, -0.25) is 4.79 Å².